The summed E-state index contributed by atoms with van der Waals surface area (Å²) in [7, 11) is 0. The topological polar surface area (TPSA) is 52.7 Å². The first-order valence-electron chi connectivity index (χ1n) is 7.88. The van der Waals surface area contributed by atoms with E-state index in [0.29, 0.717) is 0 Å². The van der Waals surface area contributed by atoms with Crippen LogP contribution in [0.15, 0.2) is 0 Å². The first kappa shape index (κ1) is 15.3. The van der Waals surface area contributed by atoms with Gasteiger partial charge in [-0.25, -0.2) is 0 Å². The summed E-state index contributed by atoms with van der Waals surface area (Å²) < 4.78 is 0. The Kier molecular flexibility index (Phi) is 5.02. The molecular formula is C15H27N3O2. The molecule has 3 atom stereocenters. The lowest BCUT2D eigenvalue weighted by molar-refractivity contribution is -0.136. The fraction of sp³-hybridized carbons (Fsp3) is 0.867. The van der Waals surface area contributed by atoms with E-state index >= 15 is 0 Å². The van der Waals surface area contributed by atoms with Crippen molar-refractivity contribution < 1.29 is 9.59 Å². The van der Waals surface area contributed by atoms with Gasteiger partial charge in [-0.15, -0.1) is 0 Å². The lowest BCUT2D eigenvalue weighted by Crippen LogP contribution is -2.49. The van der Waals surface area contributed by atoms with E-state index in [0.717, 1.165) is 45.6 Å². The van der Waals surface area contributed by atoms with Crippen LogP contribution < -0.4 is 5.32 Å². The number of nitrogens with zero attached hydrogens (tertiary/aromatic N) is 2. The molecule has 1 aliphatic carbocycles. The molecule has 0 aromatic carbocycles. The molecule has 3 unspecified atom stereocenters. The van der Waals surface area contributed by atoms with Gasteiger partial charge in [-0.2, -0.15) is 0 Å². The number of likely N-dealkylation sites (N-methyl/N-ethyl adjacent to an activating group) is 1. The highest BCUT2D eigenvalue weighted by Gasteiger charge is 2.49. The van der Waals surface area contributed by atoms with Crippen molar-refractivity contribution in [3.63, 3.8) is 0 Å². The number of hydrogen-bond donors (Lipinski definition) is 1. The number of piperazine rings is 1. The first-order valence-corrected chi connectivity index (χ1v) is 7.88. The third-order valence-electron chi connectivity index (χ3n) is 4.58. The van der Waals surface area contributed by atoms with Gasteiger partial charge in [0.25, 0.3) is 0 Å². The molecule has 2 fully saturated rings. The number of hydrogen-bond acceptors (Lipinski definition) is 3. The fourth-order valence-electron chi connectivity index (χ4n) is 2.73. The van der Waals surface area contributed by atoms with Gasteiger partial charge in [0.2, 0.25) is 11.8 Å². The number of carbonyl (C=O) groups is 2. The SMILES string of the molecule is CCC(C)NC(=O)C1CC1C(=O)N1CCN(CC)CC1. The number of nitrogens with one attached hydrogen (secondary N) is 1. The van der Waals surface area contributed by atoms with Crippen LogP contribution in [0.4, 0.5) is 0 Å². The summed E-state index contributed by atoms with van der Waals surface area (Å²) in [6, 6.07) is 0.201. The molecule has 0 spiro atoms. The summed E-state index contributed by atoms with van der Waals surface area (Å²) >= 11 is 0. The Bertz CT molecular complexity index is 364. The number of rotatable bonds is 5. The highest BCUT2D eigenvalue weighted by molar-refractivity contribution is 5.92. The van der Waals surface area contributed by atoms with Gasteiger partial charge in [0, 0.05) is 32.2 Å². The van der Waals surface area contributed by atoms with E-state index in [-0.39, 0.29) is 29.7 Å². The second-order valence-corrected chi connectivity index (χ2v) is 6.03. The molecule has 1 N–H and O–H groups in total. The molecule has 1 saturated carbocycles. The van der Waals surface area contributed by atoms with E-state index in [1.54, 1.807) is 0 Å². The molecule has 1 aliphatic heterocycles. The lowest BCUT2D eigenvalue weighted by atomic mass is 10.2. The van der Waals surface area contributed by atoms with E-state index in [2.05, 4.69) is 17.1 Å². The molecule has 2 amide bonds. The normalized spacial score (nSPS) is 28.1. The maximum absolute atomic E-state index is 12.4. The smallest absolute Gasteiger partial charge is 0.226 e. The standard InChI is InChI=1S/C15H27N3O2/c1-4-11(3)16-14(19)12-10-13(12)15(20)18-8-6-17(5-2)7-9-18/h11-13H,4-10H2,1-3H3,(H,16,19). The Balaban J connectivity index is 1.77. The Morgan fingerprint density at radius 1 is 1.15 bits per heavy atom. The second kappa shape index (κ2) is 6.57. The van der Waals surface area contributed by atoms with E-state index < -0.39 is 0 Å². The molecule has 1 heterocycles. The number of amides is 2. The highest BCUT2D eigenvalue weighted by Crippen LogP contribution is 2.40. The van der Waals surface area contributed by atoms with Gasteiger partial charge in [0.1, 0.15) is 0 Å². The van der Waals surface area contributed by atoms with Crippen LogP contribution in [0, 0.1) is 11.8 Å². The molecule has 0 bridgehead atoms. The van der Waals surface area contributed by atoms with Gasteiger partial charge in [0.15, 0.2) is 0 Å². The molecule has 114 valence electrons. The van der Waals surface area contributed by atoms with E-state index in [1.807, 2.05) is 18.7 Å². The van der Waals surface area contributed by atoms with Crippen molar-refractivity contribution in [3.05, 3.63) is 0 Å². The monoisotopic (exact) mass is 281 g/mol. The molecule has 0 radical (unpaired) electrons. The molecule has 5 heteroatoms. The highest BCUT2D eigenvalue weighted by atomic mass is 16.2. The maximum atomic E-state index is 12.4. The Morgan fingerprint density at radius 3 is 2.35 bits per heavy atom. The van der Waals surface area contributed by atoms with Crippen LogP contribution in [0.5, 0.6) is 0 Å². The van der Waals surface area contributed by atoms with Gasteiger partial charge in [-0.05, 0) is 26.3 Å². The molecule has 5 nitrogen and oxygen atoms in total. The minimum absolute atomic E-state index is 0.0601. The minimum Gasteiger partial charge on any atom is -0.353 e. The quantitative estimate of drug-likeness (QED) is 0.807. The summed E-state index contributed by atoms with van der Waals surface area (Å²) in [6.45, 7) is 10.8. The first-order chi connectivity index (χ1) is 9.56. The van der Waals surface area contributed by atoms with Crippen LogP contribution in [0.3, 0.4) is 0 Å². The Hall–Kier alpha value is -1.10. The van der Waals surface area contributed by atoms with Crippen molar-refractivity contribution in [3.8, 4) is 0 Å². The van der Waals surface area contributed by atoms with E-state index in [4.69, 9.17) is 0 Å². The Labute approximate surface area is 121 Å². The van der Waals surface area contributed by atoms with Gasteiger partial charge in [-0.3, -0.25) is 9.59 Å². The van der Waals surface area contributed by atoms with Crippen LogP contribution in [-0.2, 0) is 9.59 Å². The summed E-state index contributed by atoms with van der Waals surface area (Å²) in [5.74, 6) is 0.0999. The Morgan fingerprint density at radius 2 is 1.80 bits per heavy atom. The average molecular weight is 281 g/mol. The lowest BCUT2D eigenvalue weighted by Gasteiger charge is -2.34. The van der Waals surface area contributed by atoms with E-state index in [9.17, 15) is 9.59 Å². The van der Waals surface area contributed by atoms with Gasteiger partial charge in [0.05, 0.1) is 11.8 Å². The number of carbonyl (C=O) groups excluding carboxylic acids is 2. The molecule has 0 aromatic heterocycles. The third kappa shape index (κ3) is 3.51. The largest absolute Gasteiger partial charge is 0.353 e. The van der Waals surface area contributed by atoms with Crippen LogP contribution in [0.25, 0.3) is 0 Å². The summed E-state index contributed by atoms with van der Waals surface area (Å²) in [5, 5.41) is 2.98. The zero-order chi connectivity index (χ0) is 14.7. The third-order valence-corrected chi connectivity index (χ3v) is 4.58. The minimum atomic E-state index is -0.0827. The predicted octanol–water partition coefficient (Wildman–Crippen LogP) is 0.701. The zero-order valence-corrected chi connectivity index (χ0v) is 12.9. The summed E-state index contributed by atoms with van der Waals surface area (Å²) in [5.41, 5.74) is 0. The molecule has 20 heavy (non-hydrogen) atoms. The second-order valence-electron chi connectivity index (χ2n) is 6.03. The van der Waals surface area contributed by atoms with Crippen LogP contribution >= 0.6 is 0 Å². The van der Waals surface area contributed by atoms with Crippen LogP contribution in [0.2, 0.25) is 0 Å². The predicted molar refractivity (Wildman–Crippen MR) is 78.2 cm³/mol. The van der Waals surface area contributed by atoms with Crippen molar-refractivity contribution in [2.45, 2.75) is 39.7 Å². The van der Waals surface area contributed by atoms with Crippen molar-refractivity contribution in [2.75, 3.05) is 32.7 Å². The molecule has 2 rings (SSSR count). The van der Waals surface area contributed by atoms with Crippen LogP contribution in [0.1, 0.15) is 33.6 Å². The van der Waals surface area contributed by atoms with Crippen LogP contribution in [-0.4, -0.2) is 60.4 Å². The van der Waals surface area contributed by atoms with Crippen molar-refractivity contribution in [1.82, 2.24) is 15.1 Å². The molecular weight excluding hydrogens is 254 g/mol. The zero-order valence-electron chi connectivity index (χ0n) is 12.9. The van der Waals surface area contributed by atoms with Crippen molar-refractivity contribution in [2.24, 2.45) is 11.8 Å². The van der Waals surface area contributed by atoms with Crippen molar-refractivity contribution >= 4 is 11.8 Å². The van der Waals surface area contributed by atoms with Gasteiger partial charge < -0.3 is 15.1 Å². The fourth-order valence-corrected chi connectivity index (χ4v) is 2.73. The average Bonchev–Trinajstić information content (AvgIpc) is 3.27. The van der Waals surface area contributed by atoms with Crippen molar-refractivity contribution in [1.29, 1.82) is 0 Å². The summed E-state index contributed by atoms with van der Waals surface area (Å²) in [6.07, 6.45) is 1.66. The van der Waals surface area contributed by atoms with Gasteiger partial charge >= 0.3 is 0 Å². The summed E-state index contributed by atoms with van der Waals surface area (Å²) in [4.78, 5) is 28.6. The molecule has 0 aromatic rings. The van der Waals surface area contributed by atoms with E-state index in [1.165, 1.54) is 0 Å². The molecule has 1 saturated heterocycles. The maximum Gasteiger partial charge on any atom is 0.226 e. The molecule has 2 aliphatic rings. The van der Waals surface area contributed by atoms with Gasteiger partial charge in [-0.1, -0.05) is 13.8 Å².